The van der Waals surface area contributed by atoms with Crippen LogP contribution in [-0.4, -0.2) is 21.1 Å². The van der Waals surface area contributed by atoms with E-state index in [2.05, 4.69) is 17.1 Å². The van der Waals surface area contributed by atoms with Crippen LogP contribution in [-0.2, 0) is 6.42 Å². The average molecular weight is 186 g/mol. The number of hydrogen-bond acceptors (Lipinski definition) is 4. The molecule has 2 N–H and O–H groups in total. The average Bonchev–Trinajstić information content (AvgIpc) is 2.43. The second-order valence-electron chi connectivity index (χ2n) is 2.58. The molecule has 0 saturated heterocycles. The quantitative estimate of drug-likeness (QED) is 0.564. The van der Waals surface area contributed by atoms with Crippen LogP contribution in [0.2, 0.25) is 0 Å². The van der Waals surface area contributed by atoms with Crippen LogP contribution in [0.15, 0.2) is 5.16 Å². The Morgan fingerprint density at radius 3 is 2.75 bits per heavy atom. The summed E-state index contributed by atoms with van der Waals surface area (Å²) in [6.07, 6.45) is 5.13. The summed E-state index contributed by atoms with van der Waals surface area (Å²) in [6.45, 7) is 2.15. The summed E-state index contributed by atoms with van der Waals surface area (Å²) in [4.78, 5) is 0. The predicted molar refractivity (Wildman–Crippen MR) is 50.6 cm³/mol. The summed E-state index contributed by atoms with van der Waals surface area (Å²) in [6, 6.07) is 0. The molecule has 0 fully saturated rings. The molecule has 1 heterocycles. The van der Waals surface area contributed by atoms with Crippen molar-refractivity contribution in [2.45, 2.75) is 31.3 Å². The Hall–Kier alpha value is -0.710. The summed E-state index contributed by atoms with van der Waals surface area (Å²) in [5.41, 5.74) is 0. The number of unbranched alkanes of at least 4 members (excludes halogenated alkanes) is 1. The number of thioether (sulfide) groups is 1. The van der Waals surface area contributed by atoms with E-state index in [-0.39, 0.29) is 0 Å². The van der Waals surface area contributed by atoms with Crippen LogP contribution in [0.1, 0.15) is 25.6 Å². The lowest BCUT2D eigenvalue weighted by Gasteiger charge is -1.99. The highest BCUT2D eigenvalue weighted by molar-refractivity contribution is 7.98. The van der Waals surface area contributed by atoms with Crippen molar-refractivity contribution < 1.29 is 0 Å². The molecular formula is C7H14N4S. The van der Waals surface area contributed by atoms with Crippen molar-refractivity contribution in [3.63, 3.8) is 0 Å². The van der Waals surface area contributed by atoms with Crippen molar-refractivity contribution in [2.24, 2.45) is 0 Å². The van der Waals surface area contributed by atoms with Gasteiger partial charge in [-0.15, -0.1) is 10.2 Å². The van der Waals surface area contributed by atoms with Gasteiger partial charge in [-0.1, -0.05) is 25.1 Å². The van der Waals surface area contributed by atoms with E-state index in [9.17, 15) is 0 Å². The zero-order valence-corrected chi connectivity index (χ0v) is 8.27. The van der Waals surface area contributed by atoms with Gasteiger partial charge in [0, 0.05) is 6.42 Å². The second-order valence-corrected chi connectivity index (χ2v) is 3.35. The van der Waals surface area contributed by atoms with E-state index >= 15 is 0 Å². The lowest BCUT2D eigenvalue weighted by Crippen LogP contribution is -2.13. The van der Waals surface area contributed by atoms with E-state index in [1.54, 1.807) is 4.68 Å². The third-order valence-electron chi connectivity index (χ3n) is 1.67. The van der Waals surface area contributed by atoms with E-state index in [1.165, 1.54) is 11.8 Å². The van der Waals surface area contributed by atoms with E-state index in [1.807, 2.05) is 6.26 Å². The zero-order valence-electron chi connectivity index (χ0n) is 7.45. The largest absolute Gasteiger partial charge is 0.336 e. The molecule has 0 aromatic carbocycles. The Morgan fingerprint density at radius 2 is 2.25 bits per heavy atom. The maximum absolute atomic E-state index is 5.73. The Bertz CT molecular complexity index is 246. The van der Waals surface area contributed by atoms with Gasteiger partial charge >= 0.3 is 0 Å². The van der Waals surface area contributed by atoms with Gasteiger partial charge in [-0.2, -0.15) is 0 Å². The van der Waals surface area contributed by atoms with Crippen LogP contribution in [0.3, 0.4) is 0 Å². The number of hydrogen-bond donors (Lipinski definition) is 1. The molecule has 5 heteroatoms. The topological polar surface area (TPSA) is 56.7 Å². The van der Waals surface area contributed by atoms with Crippen LogP contribution in [0, 0.1) is 0 Å². The Kier molecular flexibility index (Phi) is 3.40. The van der Waals surface area contributed by atoms with Crippen molar-refractivity contribution in [3.05, 3.63) is 5.82 Å². The molecule has 68 valence electrons. The molecule has 0 spiro atoms. The number of aromatic nitrogens is 3. The molecule has 12 heavy (non-hydrogen) atoms. The van der Waals surface area contributed by atoms with Crippen molar-refractivity contribution in [1.29, 1.82) is 0 Å². The number of nitrogen functional groups attached to an aromatic ring is 1. The van der Waals surface area contributed by atoms with Gasteiger partial charge in [-0.05, 0) is 12.7 Å². The number of aryl methyl sites for hydroxylation is 1. The highest BCUT2D eigenvalue weighted by Crippen LogP contribution is 2.10. The first kappa shape index (κ1) is 9.38. The Morgan fingerprint density at radius 1 is 1.50 bits per heavy atom. The number of rotatable bonds is 4. The third kappa shape index (κ3) is 1.91. The minimum atomic E-state index is 0.779. The SMILES string of the molecule is CCCCc1nnc(SC)n1N. The van der Waals surface area contributed by atoms with Crippen molar-refractivity contribution in [2.75, 3.05) is 12.1 Å². The summed E-state index contributed by atoms with van der Waals surface area (Å²) in [5.74, 6) is 6.60. The van der Waals surface area contributed by atoms with E-state index in [0.29, 0.717) is 0 Å². The molecule has 0 bridgehead atoms. The van der Waals surface area contributed by atoms with Crippen LogP contribution >= 0.6 is 11.8 Å². The zero-order chi connectivity index (χ0) is 8.97. The van der Waals surface area contributed by atoms with Gasteiger partial charge in [0.2, 0.25) is 5.16 Å². The molecule has 4 nitrogen and oxygen atoms in total. The van der Waals surface area contributed by atoms with Gasteiger partial charge in [0.1, 0.15) is 0 Å². The molecule has 0 saturated carbocycles. The third-order valence-corrected chi connectivity index (χ3v) is 2.32. The number of nitrogens with two attached hydrogens (primary N) is 1. The van der Waals surface area contributed by atoms with Crippen LogP contribution in [0.25, 0.3) is 0 Å². The summed E-state index contributed by atoms with van der Waals surface area (Å²) >= 11 is 1.51. The van der Waals surface area contributed by atoms with E-state index < -0.39 is 0 Å². The summed E-state index contributed by atoms with van der Waals surface area (Å²) < 4.78 is 1.57. The lowest BCUT2D eigenvalue weighted by atomic mass is 10.2. The van der Waals surface area contributed by atoms with E-state index in [0.717, 1.165) is 30.2 Å². The van der Waals surface area contributed by atoms with Gasteiger partial charge < -0.3 is 5.84 Å². The minimum Gasteiger partial charge on any atom is -0.336 e. The molecule has 0 unspecified atom stereocenters. The van der Waals surface area contributed by atoms with Gasteiger partial charge in [0.15, 0.2) is 5.82 Å². The fraction of sp³-hybridized carbons (Fsp3) is 0.714. The van der Waals surface area contributed by atoms with Crippen molar-refractivity contribution in [3.8, 4) is 0 Å². The fourth-order valence-corrected chi connectivity index (χ4v) is 1.38. The molecule has 0 amide bonds. The fourth-order valence-electron chi connectivity index (χ4n) is 0.952. The lowest BCUT2D eigenvalue weighted by molar-refractivity contribution is 0.712. The predicted octanol–water partition coefficient (Wildman–Crippen LogP) is 1.06. The second kappa shape index (κ2) is 4.35. The standard InChI is InChI=1S/C7H14N4S/c1-3-4-5-6-9-10-7(12-2)11(6)8/h3-5,8H2,1-2H3. The molecule has 0 aliphatic carbocycles. The smallest absolute Gasteiger partial charge is 0.209 e. The summed E-state index contributed by atoms with van der Waals surface area (Å²) in [7, 11) is 0. The molecular weight excluding hydrogens is 172 g/mol. The molecule has 1 aromatic heterocycles. The normalized spacial score (nSPS) is 10.5. The molecule has 0 aliphatic heterocycles. The first-order valence-corrected chi connectivity index (χ1v) is 5.25. The minimum absolute atomic E-state index is 0.779. The molecule has 0 atom stereocenters. The Balaban J connectivity index is 2.66. The van der Waals surface area contributed by atoms with Crippen LogP contribution in [0.4, 0.5) is 0 Å². The van der Waals surface area contributed by atoms with Gasteiger partial charge in [0.05, 0.1) is 0 Å². The van der Waals surface area contributed by atoms with Crippen LogP contribution in [0.5, 0.6) is 0 Å². The molecule has 1 aromatic rings. The molecule has 1 rings (SSSR count). The first-order valence-electron chi connectivity index (χ1n) is 4.03. The molecule has 0 aliphatic rings. The first-order chi connectivity index (χ1) is 5.79. The van der Waals surface area contributed by atoms with Crippen molar-refractivity contribution >= 4 is 11.8 Å². The maximum Gasteiger partial charge on any atom is 0.209 e. The number of nitrogens with zero attached hydrogens (tertiary/aromatic N) is 3. The monoisotopic (exact) mass is 186 g/mol. The Labute approximate surface area is 76.5 Å². The van der Waals surface area contributed by atoms with E-state index in [4.69, 9.17) is 5.84 Å². The van der Waals surface area contributed by atoms with Crippen molar-refractivity contribution in [1.82, 2.24) is 14.9 Å². The molecule has 0 radical (unpaired) electrons. The highest BCUT2D eigenvalue weighted by atomic mass is 32.2. The summed E-state index contributed by atoms with van der Waals surface area (Å²) in [5, 5.41) is 8.71. The van der Waals surface area contributed by atoms with Gasteiger partial charge in [-0.25, -0.2) is 4.68 Å². The van der Waals surface area contributed by atoms with Gasteiger partial charge in [-0.3, -0.25) is 0 Å². The van der Waals surface area contributed by atoms with Crippen LogP contribution < -0.4 is 5.84 Å². The van der Waals surface area contributed by atoms with Gasteiger partial charge in [0.25, 0.3) is 0 Å². The highest BCUT2D eigenvalue weighted by Gasteiger charge is 2.06. The maximum atomic E-state index is 5.73.